The highest BCUT2D eigenvalue weighted by Crippen LogP contribution is 2.28. The molecular formula is C27H36. The van der Waals surface area contributed by atoms with Crippen molar-refractivity contribution in [3.05, 3.63) is 60.2 Å². The van der Waals surface area contributed by atoms with Gasteiger partial charge in [0.1, 0.15) is 0 Å². The van der Waals surface area contributed by atoms with Gasteiger partial charge in [-0.3, -0.25) is 0 Å². The molecule has 0 N–H and O–H groups in total. The molecule has 0 aliphatic carbocycles. The number of aryl methyl sites for hydroxylation is 1. The van der Waals surface area contributed by atoms with Crippen LogP contribution in [0, 0.1) is 0 Å². The fraction of sp³-hybridized carbons (Fsp3) is 0.481. The van der Waals surface area contributed by atoms with Crippen LogP contribution in [0.25, 0.3) is 21.5 Å². The van der Waals surface area contributed by atoms with Gasteiger partial charge in [0.2, 0.25) is 0 Å². The van der Waals surface area contributed by atoms with Crippen LogP contribution in [0.3, 0.4) is 0 Å². The van der Waals surface area contributed by atoms with Crippen molar-refractivity contribution in [1.82, 2.24) is 0 Å². The van der Waals surface area contributed by atoms with E-state index in [1.165, 1.54) is 104 Å². The summed E-state index contributed by atoms with van der Waals surface area (Å²) in [5.74, 6) is 0. The second-order valence-electron chi connectivity index (χ2n) is 8.08. The van der Waals surface area contributed by atoms with E-state index in [9.17, 15) is 0 Å². The molecular weight excluding hydrogens is 324 g/mol. The predicted octanol–water partition coefficient (Wildman–Crippen LogP) is 8.85. The first-order valence-electron chi connectivity index (χ1n) is 11.3. The first-order valence-corrected chi connectivity index (χ1v) is 11.3. The predicted molar refractivity (Wildman–Crippen MR) is 122 cm³/mol. The van der Waals surface area contributed by atoms with Gasteiger partial charge in [-0.05, 0) is 39.9 Å². The molecule has 0 heterocycles. The van der Waals surface area contributed by atoms with Crippen molar-refractivity contribution in [2.75, 3.05) is 0 Å². The van der Waals surface area contributed by atoms with Crippen LogP contribution in [-0.2, 0) is 6.42 Å². The van der Waals surface area contributed by atoms with Gasteiger partial charge in [0.05, 0.1) is 0 Å². The molecule has 144 valence electrons. The maximum atomic E-state index is 2.33. The Morgan fingerprint density at radius 3 is 1.85 bits per heavy atom. The lowest BCUT2D eigenvalue weighted by Gasteiger charge is -2.09. The lowest BCUT2D eigenvalue weighted by atomic mass is 9.95. The molecule has 0 unspecified atom stereocenters. The van der Waals surface area contributed by atoms with Crippen LogP contribution in [0.4, 0.5) is 0 Å². The van der Waals surface area contributed by atoms with Crippen LogP contribution in [0.5, 0.6) is 0 Å². The molecule has 3 aromatic carbocycles. The molecule has 0 aliphatic rings. The number of rotatable bonds is 12. The quantitative estimate of drug-likeness (QED) is 0.223. The Hall–Kier alpha value is -1.82. The molecule has 0 saturated heterocycles. The van der Waals surface area contributed by atoms with Crippen molar-refractivity contribution < 1.29 is 0 Å². The summed E-state index contributed by atoms with van der Waals surface area (Å²) in [5.41, 5.74) is 1.52. The normalized spacial score (nSPS) is 11.4. The van der Waals surface area contributed by atoms with Crippen molar-refractivity contribution in [3.63, 3.8) is 0 Å². The molecule has 0 atom stereocenters. The van der Waals surface area contributed by atoms with E-state index in [2.05, 4.69) is 61.5 Å². The summed E-state index contributed by atoms with van der Waals surface area (Å²) in [5, 5.41) is 5.59. The third-order valence-electron chi connectivity index (χ3n) is 5.93. The summed E-state index contributed by atoms with van der Waals surface area (Å²) < 4.78 is 0. The Kier molecular flexibility index (Phi) is 8.21. The summed E-state index contributed by atoms with van der Waals surface area (Å²) in [6, 6.07) is 20.2. The second kappa shape index (κ2) is 11.1. The summed E-state index contributed by atoms with van der Waals surface area (Å²) >= 11 is 0. The maximum absolute atomic E-state index is 2.33. The molecule has 3 rings (SSSR count). The molecule has 0 fully saturated rings. The minimum absolute atomic E-state index is 1.21. The first kappa shape index (κ1) is 19.9. The molecule has 0 saturated carbocycles. The molecule has 0 radical (unpaired) electrons. The van der Waals surface area contributed by atoms with Gasteiger partial charge in [-0.1, -0.05) is 126 Å². The van der Waals surface area contributed by atoms with Gasteiger partial charge in [-0.15, -0.1) is 0 Å². The van der Waals surface area contributed by atoms with Crippen LogP contribution in [0.2, 0.25) is 0 Å². The minimum Gasteiger partial charge on any atom is -0.0654 e. The van der Waals surface area contributed by atoms with E-state index >= 15 is 0 Å². The second-order valence-corrected chi connectivity index (χ2v) is 8.08. The topological polar surface area (TPSA) is 0 Å². The molecule has 0 nitrogen and oxygen atoms in total. The van der Waals surface area contributed by atoms with Gasteiger partial charge in [0, 0.05) is 0 Å². The third kappa shape index (κ3) is 5.83. The van der Waals surface area contributed by atoms with Crippen molar-refractivity contribution in [2.24, 2.45) is 0 Å². The lowest BCUT2D eigenvalue weighted by molar-refractivity contribution is 0.550. The van der Waals surface area contributed by atoms with Crippen molar-refractivity contribution in [3.8, 4) is 0 Å². The maximum Gasteiger partial charge on any atom is -0.0103 e. The minimum atomic E-state index is 1.21. The van der Waals surface area contributed by atoms with Gasteiger partial charge >= 0.3 is 0 Å². The van der Waals surface area contributed by atoms with E-state index in [0.29, 0.717) is 0 Å². The van der Waals surface area contributed by atoms with Gasteiger partial charge < -0.3 is 0 Å². The zero-order chi connectivity index (χ0) is 18.7. The van der Waals surface area contributed by atoms with Gasteiger partial charge in [-0.25, -0.2) is 0 Å². The summed E-state index contributed by atoms with van der Waals surface area (Å²) in [6.07, 6.45) is 16.7. The van der Waals surface area contributed by atoms with E-state index in [1.807, 2.05) is 0 Å². The highest BCUT2D eigenvalue weighted by Gasteiger charge is 2.04. The lowest BCUT2D eigenvalue weighted by Crippen LogP contribution is -1.89. The fourth-order valence-corrected chi connectivity index (χ4v) is 4.30. The molecule has 0 aliphatic heterocycles. The zero-order valence-corrected chi connectivity index (χ0v) is 17.2. The van der Waals surface area contributed by atoms with E-state index in [4.69, 9.17) is 0 Å². The fourth-order valence-electron chi connectivity index (χ4n) is 4.30. The third-order valence-corrected chi connectivity index (χ3v) is 5.93. The van der Waals surface area contributed by atoms with Crippen LogP contribution in [0.1, 0.15) is 83.1 Å². The van der Waals surface area contributed by atoms with E-state index in [0.717, 1.165) is 0 Å². The largest absolute Gasteiger partial charge is 0.0654 e. The summed E-state index contributed by atoms with van der Waals surface area (Å²) in [6.45, 7) is 2.29. The Morgan fingerprint density at radius 1 is 0.481 bits per heavy atom. The molecule has 0 bridgehead atoms. The van der Waals surface area contributed by atoms with Gasteiger partial charge in [0.15, 0.2) is 0 Å². The Balaban J connectivity index is 1.41. The first-order chi connectivity index (χ1) is 13.4. The molecule has 27 heavy (non-hydrogen) atoms. The Morgan fingerprint density at radius 2 is 1.11 bits per heavy atom. The number of hydrogen-bond donors (Lipinski definition) is 0. The average Bonchev–Trinajstić information content (AvgIpc) is 2.72. The number of fused-ring (bicyclic) bond motifs is 3. The van der Waals surface area contributed by atoms with Gasteiger partial charge in [0.25, 0.3) is 0 Å². The molecule has 0 aromatic heterocycles. The van der Waals surface area contributed by atoms with E-state index in [1.54, 1.807) is 0 Å². The highest BCUT2D eigenvalue weighted by atomic mass is 14.1. The molecule has 0 amide bonds. The van der Waals surface area contributed by atoms with Crippen molar-refractivity contribution >= 4 is 21.5 Å². The number of unbranched alkanes of at least 4 members (excludes halogenated alkanes) is 10. The molecule has 0 spiro atoms. The highest BCUT2D eigenvalue weighted by molar-refractivity contribution is 6.08. The zero-order valence-electron chi connectivity index (χ0n) is 17.2. The van der Waals surface area contributed by atoms with Crippen LogP contribution in [0.15, 0.2) is 54.6 Å². The van der Waals surface area contributed by atoms with Crippen LogP contribution < -0.4 is 0 Å². The SMILES string of the molecule is CCCCCCCCCCCCCc1cccc2c1ccc1ccccc12. The molecule has 0 heteroatoms. The van der Waals surface area contributed by atoms with E-state index in [-0.39, 0.29) is 0 Å². The average molecular weight is 361 g/mol. The number of benzene rings is 3. The number of hydrogen-bond acceptors (Lipinski definition) is 0. The standard InChI is InChI=1S/C27H36/c1-2-3-4-5-6-7-8-9-10-11-12-16-23-18-15-20-27-25-19-14-13-17-24(25)21-22-26(23)27/h13-15,17-22H,2-12,16H2,1H3. The van der Waals surface area contributed by atoms with Crippen molar-refractivity contribution in [1.29, 1.82) is 0 Å². The van der Waals surface area contributed by atoms with Gasteiger partial charge in [-0.2, -0.15) is 0 Å². The summed E-state index contributed by atoms with van der Waals surface area (Å²) in [7, 11) is 0. The molecule has 3 aromatic rings. The monoisotopic (exact) mass is 360 g/mol. The van der Waals surface area contributed by atoms with Crippen molar-refractivity contribution in [2.45, 2.75) is 84.0 Å². The Labute approximate surface area is 166 Å². The van der Waals surface area contributed by atoms with E-state index < -0.39 is 0 Å². The van der Waals surface area contributed by atoms with Crippen LogP contribution >= 0.6 is 0 Å². The smallest absolute Gasteiger partial charge is 0.0103 e. The summed E-state index contributed by atoms with van der Waals surface area (Å²) in [4.78, 5) is 0. The van der Waals surface area contributed by atoms with Crippen LogP contribution in [-0.4, -0.2) is 0 Å². The Bertz CT molecular complexity index is 815.